The summed E-state index contributed by atoms with van der Waals surface area (Å²) in [7, 11) is 0. The number of anilines is 1. The molecule has 2 aromatic rings. The van der Waals surface area contributed by atoms with Crippen molar-refractivity contribution in [1.29, 1.82) is 0 Å². The van der Waals surface area contributed by atoms with E-state index in [0.717, 1.165) is 4.47 Å². The molecule has 0 saturated heterocycles. The number of benzene rings is 1. The second-order valence-electron chi connectivity index (χ2n) is 3.52. The average Bonchev–Trinajstić information content (AvgIpc) is 2.82. The third kappa shape index (κ3) is 2.51. The fourth-order valence-corrected chi connectivity index (χ4v) is 1.60. The summed E-state index contributed by atoms with van der Waals surface area (Å²) in [6.07, 6.45) is 0. The molecule has 0 unspecified atom stereocenters. The van der Waals surface area contributed by atoms with E-state index in [-0.39, 0.29) is 17.6 Å². The molecular formula is C11H11BrN4O2. The van der Waals surface area contributed by atoms with E-state index in [1.807, 2.05) is 6.92 Å². The highest BCUT2D eigenvalue weighted by Gasteiger charge is 2.15. The number of halogens is 1. The predicted octanol–water partition coefficient (Wildman–Crippen LogP) is 1.83. The third-order valence-corrected chi connectivity index (χ3v) is 2.93. The maximum Gasteiger partial charge on any atom is 0.292 e. The van der Waals surface area contributed by atoms with E-state index in [0.29, 0.717) is 17.8 Å². The molecule has 0 aliphatic heterocycles. The molecule has 1 amide bonds. The standard InChI is InChI=1S/C11H11BrN4O2/c1-2-14-10(17)9-15-11(18-16-9)6-3-4-7(12)8(13)5-6/h3-5H,2,13H2,1H3,(H,14,17). The summed E-state index contributed by atoms with van der Waals surface area (Å²) >= 11 is 3.30. The summed E-state index contributed by atoms with van der Waals surface area (Å²) < 4.78 is 5.81. The van der Waals surface area contributed by atoms with Gasteiger partial charge in [0.2, 0.25) is 0 Å². The Balaban J connectivity index is 2.29. The zero-order valence-corrected chi connectivity index (χ0v) is 11.2. The van der Waals surface area contributed by atoms with Gasteiger partial charge in [0.25, 0.3) is 17.6 Å². The molecule has 1 heterocycles. The highest BCUT2D eigenvalue weighted by atomic mass is 79.9. The van der Waals surface area contributed by atoms with Gasteiger partial charge in [0.1, 0.15) is 0 Å². The minimum atomic E-state index is -0.363. The second kappa shape index (κ2) is 5.18. The molecule has 0 saturated carbocycles. The average molecular weight is 311 g/mol. The maximum atomic E-state index is 11.5. The van der Waals surface area contributed by atoms with Crippen molar-refractivity contribution >= 4 is 27.5 Å². The molecule has 94 valence electrons. The van der Waals surface area contributed by atoms with Crippen LogP contribution in [0.25, 0.3) is 11.5 Å². The monoisotopic (exact) mass is 310 g/mol. The van der Waals surface area contributed by atoms with E-state index in [1.54, 1.807) is 18.2 Å². The summed E-state index contributed by atoms with van der Waals surface area (Å²) in [6.45, 7) is 2.32. The zero-order chi connectivity index (χ0) is 13.1. The van der Waals surface area contributed by atoms with Crippen LogP contribution >= 0.6 is 15.9 Å². The van der Waals surface area contributed by atoms with E-state index in [4.69, 9.17) is 10.3 Å². The number of hydrogen-bond acceptors (Lipinski definition) is 5. The van der Waals surface area contributed by atoms with E-state index in [9.17, 15) is 4.79 Å². The maximum absolute atomic E-state index is 11.5. The van der Waals surface area contributed by atoms with E-state index >= 15 is 0 Å². The van der Waals surface area contributed by atoms with Crippen LogP contribution in [0.3, 0.4) is 0 Å². The van der Waals surface area contributed by atoms with Crippen molar-refractivity contribution in [3.8, 4) is 11.5 Å². The molecule has 0 aliphatic carbocycles. The second-order valence-corrected chi connectivity index (χ2v) is 4.37. The van der Waals surface area contributed by atoms with Gasteiger partial charge in [-0.05, 0) is 41.1 Å². The van der Waals surface area contributed by atoms with Gasteiger partial charge in [-0.3, -0.25) is 4.79 Å². The highest BCUT2D eigenvalue weighted by molar-refractivity contribution is 9.10. The Morgan fingerprint density at radius 1 is 1.56 bits per heavy atom. The van der Waals surface area contributed by atoms with Crippen molar-refractivity contribution < 1.29 is 9.32 Å². The van der Waals surface area contributed by atoms with Gasteiger partial charge in [-0.1, -0.05) is 5.16 Å². The lowest BCUT2D eigenvalue weighted by Crippen LogP contribution is -2.23. The molecule has 3 N–H and O–H groups in total. The number of aromatic nitrogens is 2. The predicted molar refractivity (Wildman–Crippen MR) is 69.9 cm³/mol. The minimum Gasteiger partial charge on any atom is -0.398 e. The first-order chi connectivity index (χ1) is 8.61. The van der Waals surface area contributed by atoms with E-state index in [2.05, 4.69) is 31.4 Å². The van der Waals surface area contributed by atoms with Crippen LogP contribution in [0.1, 0.15) is 17.5 Å². The quantitative estimate of drug-likeness (QED) is 0.843. The number of amides is 1. The molecule has 0 aliphatic rings. The molecule has 7 heteroatoms. The Hall–Kier alpha value is -1.89. The van der Waals surface area contributed by atoms with Crippen LogP contribution in [0.5, 0.6) is 0 Å². The topological polar surface area (TPSA) is 94.0 Å². The van der Waals surface area contributed by atoms with Crippen LogP contribution in [0.4, 0.5) is 5.69 Å². The van der Waals surface area contributed by atoms with Crippen LogP contribution < -0.4 is 11.1 Å². The Labute approximate surface area is 112 Å². The van der Waals surface area contributed by atoms with Crippen molar-refractivity contribution in [2.75, 3.05) is 12.3 Å². The lowest BCUT2D eigenvalue weighted by molar-refractivity contribution is 0.0942. The fraction of sp³-hybridized carbons (Fsp3) is 0.182. The number of hydrogen-bond donors (Lipinski definition) is 2. The van der Waals surface area contributed by atoms with Crippen molar-refractivity contribution in [3.63, 3.8) is 0 Å². The largest absolute Gasteiger partial charge is 0.398 e. The van der Waals surface area contributed by atoms with Gasteiger partial charge in [0.15, 0.2) is 0 Å². The summed E-state index contributed by atoms with van der Waals surface area (Å²) in [5.74, 6) is -0.0959. The van der Waals surface area contributed by atoms with E-state index < -0.39 is 0 Å². The number of carbonyl (C=O) groups is 1. The highest BCUT2D eigenvalue weighted by Crippen LogP contribution is 2.25. The smallest absolute Gasteiger partial charge is 0.292 e. The lowest BCUT2D eigenvalue weighted by atomic mass is 10.2. The van der Waals surface area contributed by atoms with Gasteiger partial charge < -0.3 is 15.6 Å². The first-order valence-corrected chi connectivity index (χ1v) is 6.08. The third-order valence-electron chi connectivity index (χ3n) is 2.21. The Bertz CT molecular complexity index is 582. The molecule has 0 bridgehead atoms. The van der Waals surface area contributed by atoms with Crippen molar-refractivity contribution in [1.82, 2.24) is 15.5 Å². The molecule has 0 fully saturated rings. The Morgan fingerprint density at radius 3 is 3.00 bits per heavy atom. The van der Waals surface area contributed by atoms with Crippen molar-refractivity contribution in [2.45, 2.75) is 6.92 Å². The SMILES string of the molecule is CCNC(=O)c1noc(-c2ccc(Br)c(N)c2)n1. The molecular weight excluding hydrogens is 300 g/mol. The fourth-order valence-electron chi connectivity index (χ4n) is 1.35. The summed E-state index contributed by atoms with van der Waals surface area (Å²) in [6, 6.07) is 5.25. The molecule has 1 aromatic carbocycles. The van der Waals surface area contributed by atoms with Crippen LogP contribution in [-0.4, -0.2) is 22.6 Å². The van der Waals surface area contributed by atoms with Gasteiger partial charge in [-0.25, -0.2) is 0 Å². The minimum absolute atomic E-state index is 0.00772. The first kappa shape index (κ1) is 12.6. The molecule has 0 atom stereocenters. The van der Waals surface area contributed by atoms with Gasteiger partial charge in [-0.2, -0.15) is 4.98 Å². The Kier molecular flexibility index (Phi) is 3.61. The van der Waals surface area contributed by atoms with Crippen LogP contribution in [0, 0.1) is 0 Å². The van der Waals surface area contributed by atoms with Crippen molar-refractivity contribution in [3.05, 3.63) is 28.5 Å². The van der Waals surface area contributed by atoms with Crippen LogP contribution in [0.2, 0.25) is 0 Å². The molecule has 1 aromatic heterocycles. The number of carbonyl (C=O) groups excluding carboxylic acids is 1. The van der Waals surface area contributed by atoms with Gasteiger partial charge >= 0.3 is 0 Å². The number of nitrogens with two attached hydrogens (primary N) is 1. The van der Waals surface area contributed by atoms with Crippen LogP contribution in [-0.2, 0) is 0 Å². The normalized spacial score (nSPS) is 10.3. The number of rotatable bonds is 3. The van der Waals surface area contributed by atoms with E-state index in [1.165, 1.54) is 0 Å². The summed E-state index contributed by atoms with van der Waals surface area (Å²) in [5.41, 5.74) is 6.98. The lowest BCUT2D eigenvalue weighted by Gasteiger charge is -1.99. The number of nitrogen functional groups attached to an aromatic ring is 1. The molecule has 6 nitrogen and oxygen atoms in total. The molecule has 2 rings (SSSR count). The molecule has 0 spiro atoms. The molecule has 18 heavy (non-hydrogen) atoms. The van der Waals surface area contributed by atoms with Gasteiger partial charge in [0, 0.05) is 22.3 Å². The summed E-state index contributed by atoms with van der Waals surface area (Å²) in [4.78, 5) is 15.5. The first-order valence-electron chi connectivity index (χ1n) is 5.29. The van der Waals surface area contributed by atoms with Crippen LogP contribution in [0.15, 0.2) is 27.2 Å². The number of nitrogens with one attached hydrogen (secondary N) is 1. The number of nitrogens with zero attached hydrogens (tertiary/aromatic N) is 2. The van der Waals surface area contributed by atoms with Gasteiger partial charge in [-0.15, -0.1) is 0 Å². The molecule has 0 radical (unpaired) electrons. The zero-order valence-electron chi connectivity index (χ0n) is 9.61. The van der Waals surface area contributed by atoms with Crippen molar-refractivity contribution in [2.24, 2.45) is 0 Å². The Morgan fingerprint density at radius 2 is 2.33 bits per heavy atom. The summed E-state index contributed by atoms with van der Waals surface area (Å²) in [5, 5.41) is 6.20. The van der Waals surface area contributed by atoms with Gasteiger partial charge in [0.05, 0.1) is 0 Å².